The number of nitrogens with zero attached hydrogens (tertiary/aromatic N) is 3. The van der Waals surface area contributed by atoms with Gasteiger partial charge in [0.15, 0.2) is 0 Å². The standard InChI is InChI=1S/C14H9N3OS2/c18-14-10-5-7-19-12(10)4-6-17(14)8-9-2-1-3-11-13(9)16-20-15-11/h1-7H,8H2. The predicted octanol–water partition coefficient (Wildman–Crippen LogP) is 3.12. The first kappa shape index (κ1) is 11.7. The SMILES string of the molecule is O=c1c2ccsc2ccn1Cc1cccc2nsnc12. The van der Waals surface area contributed by atoms with Crippen LogP contribution in [-0.4, -0.2) is 13.3 Å². The van der Waals surface area contributed by atoms with Gasteiger partial charge in [-0.15, -0.1) is 11.3 Å². The number of rotatable bonds is 2. The van der Waals surface area contributed by atoms with Crippen LogP contribution in [0.5, 0.6) is 0 Å². The lowest BCUT2D eigenvalue weighted by atomic mass is 10.2. The minimum absolute atomic E-state index is 0.0453. The van der Waals surface area contributed by atoms with Crippen LogP contribution in [0.15, 0.2) is 46.7 Å². The predicted molar refractivity (Wildman–Crippen MR) is 82.6 cm³/mol. The Labute approximate surface area is 122 Å². The summed E-state index contributed by atoms with van der Waals surface area (Å²) >= 11 is 2.79. The smallest absolute Gasteiger partial charge is 0.259 e. The zero-order valence-electron chi connectivity index (χ0n) is 10.3. The van der Waals surface area contributed by atoms with Gasteiger partial charge in [-0.1, -0.05) is 12.1 Å². The maximum Gasteiger partial charge on any atom is 0.259 e. The molecular formula is C14H9N3OS2. The van der Waals surface area contributed by atoms with E-state index in [2.05, 4.69) is 8.75 Å². The molecule has 0 spiro atoms. The van der Waals surface area contributed by atoms with Gasteiger partial charge in [0.2, 0.25) is 0 Å². The summed E-state index contributed by atoms with van der Waals surface area (Å²) in [6.07, 6.45) is 1.85. The quantitative estimate of drug-likeness (QED) is 0.571. The van der Waals surface area contributed by atoms with Crippen molar-refractivity contribution in [2.45, 2.75) is 6.54 Å². The second-order valence-electron chi connectivity index (χ2n) is 4.50. The summed E-state index contributed by atoms with van der Waals surface area (Å²) in [5.74, 6) is 0. The first-order chi connectivity index (χ1) is 9.83. The van der Waals surface area contributed by atoms with Crippen molar-refractivity contribution in [2.24, 2.45) is 0 Å². The topological polar surface area (TPSA) is 47.8 Å². The number of aromatic nitrogens is 3. The second kappa shape index (κ2) is 4.50. The summed E-state index contributed by atoms with van der Waals surface area (Å²) in [5, 5.41) is 2.72. The summed E-state index contributed by atoms with van der Waals surface area (Å²) in [4.78, 5) is 12.4. The van der Waals surface area contributed by atoms with Crippen LogP contribution >= 0.6 is 23.1 Å². The molecule has 0 aliphatic rings. The molecule has 0 saturated heterocycles. The van der Waals surface area contributed by atoms with Crippen molar-refractivity contribution in [3.63, 3.8) is 0 Å². The molecule has 0 bridgehead atoms. The summed E-state index contributed by atoms with van der Waals surface area (Å²) in [6, 6.07) is 9.75. The second-order valence-corrected chi connectivity index (χ2v) is 5.97. The van der Waals surface area contributed by atoms with Crippen LogP contribution in [0, 0.1) is 0 Å². The van der Waals surface area contributed by atoms with Crippen molar-refractivity contribution in [2.75, 3.05) is 0 Å². The largest absolute Gasteiger partial charge is 0.310 e. The van der Waals surface area contributed by atoms with Gasteiger partial charge in [-0.2, -0.15) is 8.75 Å². The molecular weight excluding hydrogens is 290 g/mol. The Bertz CT molecular complexity index is 967. The van der Waals surface area contributed by atoms with E-state index in [0.717, 1.165) is 26.7 Å². The van der Waals surface area contributed by atoms with Gasteiger partial charge in [0.1, 0.15) is 11.0 Å². The highest BCUT2D eigenvalue weighted by Gasteiger charge is 2.08. The molecule has 0 fully saturated rings. The van der Waals surface area contributed by atoms with E-state index in [-0.39, 0.29) is 5.56 Å². The molecule has 0 aliphatic carbocycles. The van der Waals surface area contributed by atoms with E-state index in [0.29, 0.717) is 6.54 Å². The van der Waals surface area contributed by atoms with Gasteiger partial charge < -0.3 is 4.57 Å². The minimum Gasteiger partial charge on any atom is -0.310 e. The highest BCUT2D eigenvalue weighted by molar-refractivity contribution is 7.17. The molecule has 4 nitrogen and oxygen atoms in total. The van der Waals surface area contributed by atoms with Gasteiger partial charge in [-0.25, -0.2) is 0 Å². The van der Waals surface area contributed by atoms with Crippen LogP contribution in [0.4, 0.5) is 0 Å². The van der Waals surface area contributed by atoms with E-state index in [1.54, 1.807) is 15.9 Å². The lowest BCUT2D eigenvalue weighted by Gasteiger charge is -2.06. The number of thiophene rings is 1. The zero-order valence-corrected chi connectivity index (χ0v) is 11.9. The Balaban J connectivity index is 1.86. The van der Waals surface area contributed by atoms with Gasteiger partial charge in [-0.05, 0) is 23.6 Å². The summed E-state index contributed by atoms with van der Waals surface area (Å²) in [5.41, 5.74) is 2.84. The van der Waals surface area contributed by atoms with E-state index in [1.807, 2.05) is 41.9 Å². The molecule has 0 unspecified atom stereocenters. The molecule has 1 aromatic carbocycles. The first-order valence-electron chi connectivity index (χ1n) is 6.10. The third-order valence-corrected chi connectivity index (χ3v) is 4.73. The van der Waals surface area contributed by atoms with Crippen LogP contribution in [0.2, 0.25) is 0 Å². The molecule has 0 radical (unpaired) electrons. The molecule has 3 aromatic heterocycles. The van der Waals surface area contributed by atoms with Crippen LogP contribution in [0.3, 0.4) is 0 Å². The molecule has 0 saturated carbocycles. The number of benzene rings is 1. The van der Waals surface area contributed by atoms with Gasteiger partial charge in [0.25, 0.3) is 5.56 Å². The molecule has 0 N–H and O–H groups in total. The average molecular weight is 299 g/mol. The van der Waals surface area contributed by atoms with Gasteiger partial charge in [0, 0.05) is 16.5 Å². The van der Waals surface area contributed by atoms with Gasteiger partial charge >= 0.3 is 0 Å². The highest BCUT2D eigenvalue weighted by Crippen LogP contribution is 2.19. The lowest BCUT2D eigenvalue weighted by Crippen LogP contribution is -2.19. The van der Waals surface area contributed by atoms with Crippen molar-refractivity contribution in [3.8, 4) is 0 Å². The molecule has 0 aliphatic heterocycles. The fourth-order valence-electron chi connectivity index (χ4n) is 2.30. The monoisotopic (exact) mass is 299 g/mol. The summed E-state index contributed by atoms with van der Waals surface area (Å²) in [7, 11) is 0. The molecule has 20 heavy (non-hydrogen) atoms. The third-order valence-electron chi connectivity index (χ3n) is 3.30. The van der Waals surface area contributed by atoms with E-state index < -0.39 is 0 Å². The van der Waals surface area contributed by atoms with Crippen molar-refractivity contribution in [1.82, 2.24) is 13.3 Å². The molecule has 6 heteroatoms. The molecule has 0 amide bonds. The van der Waals surface area contributed by atoms with E-state index >= 15 is 0 Å². The number of pyridine rings is 1. The lowest BCUT2D eigenvalue weighted by molar-refractivity contribution is 0.772. The van der Waals surface area contributed by atoms with Crippen molar-refractivity contribution < 1.29 is 0 Å². The Kier molecular flexibility index (Phi) is 2.64. The number of fused-ring (bicyclic) bond motifs is 2. The van der Waals surface area contributed by atoms with Crippen LogP contribution in [0.1, 0.15) is 5.56 Å². The van der Waals surface area contributed by atoms with Crippen molar-refractivity contribution in [1.29, 1.82) is 0 Å². The Morgan fingerprint density at radius 1 is 1.15 bits per heavy atom. The molecule has 4 rings (SSSR count). The molecule has 4 aromatic rings. The Hall–Kier alpha value is -2.05. The zero-order chi connectivity index (χ0) is 13.5. The van der Waals surface area contributed by atoms with E-state index in [9.17, 15) is 4.79 Å². The maximum atomic E-state index is 12.4. The van der Waals surface area contributed by atoms with E-state index in [4.69, 9.17) is 0 Å². The van der Waals surface area contributed by atoms with Gasteiger partial charge in [-0.3, -0.25) is 4.79 Å². The molecule has 98 valence electrons. The van der Waals surface area contributed by atoms with E-state index in [1.165, 1.54) is 11.7 Å². The highest BCUT2D eigenvalue weighted by atomic mass is 32.1. The van der Waals surface area contributed by atoms with Crippen LogP contribution < -0.4 is 5.56 Å². The van der Waals surface area contributed by atoms with Crippen molar-refractivity contribution >= 4 is 44.2 Å². The van der Waals surface area contributed by atoms with Crippen LogP contribution in [-0.2, 0) is 6.54 Å². The molecule has 3 heterocycles. The maximum absolute atomic E-state index is 12.4. The minimum atomic E-state index is 0.0453. The average Bonchev–Trinajstić information content (AvgIpc) is 3.10. The van der Waals surface area contributed by atoms with Gasteiger partial charge in [0.05, 0.1) is 23.7 Å². The fraction of sp³-hybridized carbons (Fsp3) is 0.0714. The number of hydrogen-bond donors (Lipinski definition) is 0. The Morgan fingerprint density at radius 3 is 3.05 bits per heavy atom. The Morgan fingerprint density at radius 2 is 2.10 bits per heavy atom. The molecule has 0 atom stereocenters. The summed E-state index contributed by atoms with van der Waals surface area (Å²) in [6.45, 7) is 0.521. The van der Waals surface area contributed by atoms with Crippen molar-refractivity contribution in [3.05, 3.63) is 57.8 Å². The normalized spacial score (nSPS) is 11.4. The third kappa shape index (κ3) is 1.76. The first-order valence-corrected chi connectivity index (χ1v) is 7.71. The number of hydrogen-bond acceptors (Lipinski definition) is 5. The summed E-state index contributed by atoms with van der Waals surface area (Å²) < 4.78 is 11.3. The fourth-order valence-corrected chi connectivity index (χ4v) is 3.65. The van der Waals surface area contributed by atoms with Crippen LogP contribution in [0.25, 0.3) is 21.1 Å².